The summed E-state index contributed by atoms with van der Waals surface area (Å²) >= 11 is 0. The van der Waals surface area contributed by atoms with Crippen LogP contribution in [-0.2, 0) is 9.47 Å². The molecule has 0 spiro atoms. The number of esters is 2. The van der Waals surface area contributed by atoms with Gasteiger partial charge >= 0.3 is 11.9 Å². The molecule has 0 saturated carbocycles. The SMILES string of the molecule is CC(O)COC(=O)c1cccc(C(=O)OCC(C)O)c1. The van der Waals surface area contributed by atoms with Crippen LogP contribution >= 0.6 is 0 Å². The normalized spacial score (nSPS) is 13.4. The fraction of sp³-hybridized carbons (Fsp3) is 0.429. The van der Waals surface area contributed by atoms with E-state index in [2.05, 4.69) is 0 Å². The number of hydrogen-bond acceptors (Lipinski definition) is 6. The third-order valence-corrected chi connectivity index (χ3v) is 2.25. The first-order valence-electron chi connectivity index (χ1n) is 6.20. The molecule has 1 aromatic carbocycles. The van der Waals surface area contributed by atoms with E-state index in [1.165, 1.54) is 38.1 Å². The zero-order chi connectivity index (χ0) is 15.1. The first kappa shape index (κ1) is 16.1. The topological polar surface area (TPSA) is 93.1 Å². The first-order chi connectivity index (χ1) is 9.40. The van der Waals surface area contributed by atoms with E-state index in [4.69, 9.17) is 19.7 Å². The number of hydrogen-bond donors (Lipinski definition) is 2. The molecule has 0 fully saturated rings. The largest absolute Gasteiger partial charge is 0.459 e. The van der Waals surface area contributed by atoms with Crippen molar-refractivity contribution in [1.29, 1.82) is 0 Å². The molecule has 2 atom stereocenters. The molecule has 6 heteroatoms. The van der Waals surface area contributed by atoms with Gasteiger partial charge in [-0.25, -0.2) is 9.59 Å². The smallest absolute Gasteiger partial charge is 0.338 e. The quantitative estimate of drug-likeness (QED) is 0.748. The Morgan fingerprint density at radius 1 is 1.00 bits per heavy atom. The van der Waals surface area contributed by atoms with Crippen LogP contribution in [0.5, 0.6) is 0 Å². The van der Waals surface area contributed by atoms with Gasteiger partial charge in [-0.1, -0.05) is 6.07 Å². The molecular weight excluding hydrogens is 264 g/mol. The number of carbonyl (C=O) groups excluding carboxylic acids is 2. The maximum atomic E-state index is 11.7. The summed E-state index contributed by atoms with van der Waals surface area (Å²) in [4.78, 5) is 23.3. The number of rotatable bonds is 6. The molecule has 2 N–H and O–H groups in total. The van der Waals surface area contributed by atoms with Gasteiger partial charge in [-0.05, 0) is 32.0 Å². The second-order valence-electron chi connectivity index (χ2n) is 4.48. The molecule has 0 bridgehead atoms. The lowest BCUT2D eigenvalue weighted by Crippen LogP contribution is -2.17. The Morgan fingerprint density at radius 3 is 1.75 bits per heavy atom. The highest BCUT2D eigenvalue weighted by Gasteiger charge is 2.13. The van der Waals surface area contributed by atoms with Crippen LogP contribution in [0.15, 0.2) is 24.3 Å². The lowest BCUT2D eigenvalue weighted by Gasteiger charge is -2.09. The molecule has 110 valence electrons. The predicted octanol–water partition coefficient (Wildman–Crippen LogP) is 0.762. The van der Waals surface area contributed by atoms with Crippen LogP contribution in [0.1, 0.15) is 34.6 Å². The fourth-order valence-corrected chi connectivity index (χ4v) is 1.33. The van der Waals surface area contributed by atoms with Gasteiger partial charge in [0.15, 0.2) is 0 Å². The van der Waals surface area contributed by atoms with Crippen molar-refractivity contribution in [2.45, 2.75) is 26.1 Å². The first-order valence-corrected chi connectivity index (χ1v) is 6.20. The van der Waals surface area contributed by atoms with Crippen molar-refractivity contribution < 1.29 is 29.3 Å². The van der Waals surface area contributed by atoms with E-state index in [1.807, 2.05) is 0 Å². The van der Waals surface area contributed by atoms with E-state index in [0.717, 1.165) is 0 Å². The summed E-state index contributed by atoms with van der Waals surface area (Å²) in [6.45, 7) is 2.76. The summed E-state index contributed by atoms with van der Waals surface area (Å²) in [5.74, 6) is -1.26. The highest BCUT2D eigenvalue weighted by Crippen LogP contribution is 2.09. The van der Waals surface area contributed by atoms with Crippen LogP contribution in [0.3, 0.4) is 0 Å². The molecule has 0 aliphatic carbocycles. The molecule has 0 aromatic heterocycles. The number of ether oxygens (including phenoxy) is 2. The lowest BCUT2D eigenvalue weighted by atomic mass is 10.1. The highest BCUT2D eigenvalue weighted by atomic mass is 16.5. The van der Waals surface area contributed by atoms with Gasteiger partial charge in [0, 0.05) is 0 Å². The van der Waals surface area contributed by atoms with Gasteiger partial charge in [0.25, 0.3) is 0 Å². The van der Waals surface area contributed by atoms with Crippen LogP contribution in [0.4, 0.5) is 0 Å². The Hall–Kier alpha value is -1.92. The molecule has 2 unspecified atom stereocenters. The second-order valence-corrected chi connectivity index (χ2v) is 4.48. The molecule has 0 saturated heterocycles. The molecule has 0 radical (unpaired) electrons. The van der Waals surface area contributed by atoms with Crippen molar-refractivity contribution in [3.8, 4) is 0 Å². The molecule has 0 amide bonds. The Morgan fingerprint density at radius 2 is 1.40 bits per heavy atom. The predicted molar refractivity (Wildman–Crippen MR) is 70.4 cm³/mol. The zero-order valence-corrected chi connectivity index (χ0v) is 11.4. The van der Waals surface area contributed by atoms with Crippen molar-refractivity contribution in [2.75, 3.05) is 13.2 Å². The van der Waals surface area contributed by atoms with Crippen molar-refractivity contribution in [1.82, 2.24) is 0 Å². The van der Waals surface area contributed by atoms with E-state index in [9.17, 15) is 9.59 Å². The van der Waals surface area contributed by atoms with Gasteiger partial charge in [0.2, 0.25) is 0 Å². The summed E-state index contributed by atoms with van der Waals surface area (Å²) in [5, 5.41) is 18.1. The highest BCUT2D eigenvalue weighted by molar-refractivity contribution is 5.95. The Balaban J connectivity index is 2.70. The molecular formula is C14H18O6. The van der Waals surface area contributed by atoms with E-state index < -0.39 is 24.1 Å². The zero-order valence-electron chi connectivity index (χ0n) is 11.4. The van der Waals surface area contributed by atoms with Crippen molar-refractivity contribution in [3.05, 3.63) is 35.4 Å². The van der Waals surface area contributed by atoms with Crippen molar-refractivity contribution in [2.24, 2.45) is 0 Å². The molecule has 1 rings (SSSR count). The molecule has 0 aliphatic rings. The number of aliphatic hydroxyl groups is 2. The van der Waals surface area contributed by atoms with Crippen molar-refractivity contribution in [3.63, 3.8) is 0 Å². The van der Waals surface area contributed by atoms with Gasteiger partial charge in [-0.3, -0.25) is 0 Å². The van der Waals surface area contributed by atoms with E-state index in [0.29, 0.717) is 0 Å². The van der Waals surface area contributed by atoms with Gasteiger partial charge in [0.05, 0.1) is 23.3 Å². The summed E-state index contributed by atoms with van der Waals surface area (Å²) in [6.07, 6.45) is -1.50. The lowest BCUT2D eigenvalue weighted by molar-refractivity contribution is 0.0290. The maximum Gasteiger partial charge on any atom is 0.338 e. The minimum absolute atomic E-state index is 0.116. The third-order valence-electron chi connectivity index (χ3n) is 2.25. The second kappa shape index (κ2) is 7.62. The van der Waals surface area contributed by atoms with E-state index >= 15 is 0 Å². The Bertz CT molecular complexity index is 427. The number of aliphatic hydroxyl groups excluding tert-OH is 2. The van der Waals surface area contributed by atoms with Crippen LogP contribution in [0, 0.1) is 0 Å². The van der Waals surface area contributed by atoms with Crippen LogP contribution in [0.25, 0.3) is 0 Å². The maximum absolute atomic E-state index is 11.7. The van der Waals surface area contributed by atoms with E-state index in [1.54, 1.807) is 0 Å². The van der Waals surface area contributed by atoms with Crippen LogP contribution in [-0.4, -0.2) is 47.6 Å². The van der Waals surface area contributed by atoms with E-state index in [-0.39, 0.29) is 24.3 Å². The van der Waals surface area contributed by atoms with Crippen LogP contribution < -0.4 is 0 Å². The van der Waals surface area contributed by atoms with Crippen molar-refractivity contribution >= 4 is 11.9 Å². The molecule has 6 nitrogen and oxygen atoms in total. The number of carbonyl (C=O) groups is 2. The summed E-state index contributed by atoms with van der Waals surface area (Å²) in [5.41, 5.74) is 0.384. The average molecular weight is 282 g/mol. The summed E-state index contributed by atoms with van der Waals surface area (Å²) in [7, 11) is 0. The average Bonchev–Trinajstić information content (AvgIpc) is 2.42. The summed E-state index contributed by atoms with van der Waals surface area (Å²) < 4.78 is 9.68. The standard InChI is InChI=1S/C14H18O6/c1-9(15)7-19-13(17)11-4-3-5-12(6-11)14(18)20-8-10(2)16/h3-6,9-10,15-16H,7-8H2,1-2H3. The van der Waals surface area contributed by atoms with Gasteiger partial charge in [-0.2, -0.15) is 0 Å². The molecule has 0 aliphatic heterocycles. The minimum atomic E-state index is -0.752. The third kappa shape index (κ3) is 5.38. The summed E-state index contributed by atoms with van der Waals surface area (Å²) in [6, 6.07) is 5.86. The molecule has 1 aromatic rings. The molecule has 0 heterocycles. The Labute approximate surface area is 116 Å². The van der Waals surface area contributed by atoms with Gasteiger partial charge in [-0.15, -0.1) is 0 Å². The van der Waals surface area contributed by atoms with Gasteiger partial charge < -0.3 is 19.7 Å². The van der Waals surface area contributed by atoms with Gasteiger partial charge in [0.1, 0.15) is 13.2 Å². The fourth-order valence-electron chi connectivity index (χ4n) is 1.33. The monoisotopic (exact) mass is 282 g/mol. The Kier molecular flexibility index (Phi) is 6.14. The molecule has 20 heavy (non-hydrogen) atoms. The van der Waals surface area contributed by atoms with Crippen LogP contribution in [0.2, 0.25) is 0 Å². The minimum Gasteiger partial charge on any atom is -0.459 e. The number of benzene rings is 1.